The lowest BCUT2D eigenvalue weighted by Gasteiger charge is -2.15. The van der Waals surface area contributed by atoms with Crippen LogP contribution in [-0.4, -0.2) is 26.0 Å². The Morgan fingerprint density at radius 1 is 1.37 bits per heavy atom. The molecule has 1 aliphatic rings. The second-order valence-electron chi connectivity index (χ2n) is 5.64. The van der Waals surface area contributed by atoms with Gasteiger partial charge in [0.15, 0.2) is 5.65 Å². The van der Waals surface area contributed by atoms with Gasteiger partial charge in [-0.3, -0.25) is 4.57 Å². The summed E-state index contributed by atoms with van der Waals surface area (Å²) in [4.78, 5) is 8.14. The highest BCUT2D eigenvalue weighted by molar-refractivity contribution is 8.03. The quantitative estimate of drug-likeness (QED) is 0.733. The maximum atomic E-state index is 12.9. The Balaban J connectivity index is 2.05. The van der Waals surface area contributed by atoms with Gasteiger partial charge in [-0.05, 0) is 30.0 Å². The number of rotatable bonds is 4. The van der Waals surface area contributed by atoms with E-state index in [9.17, 15) is 13.2 Å². The second kappa shape index (κ2) is 7.40. The predicted molar refractivity (Wildman–Crippen MR) is 103 cm³/mol. The van der Waals surface area contributed by atoms with Crippen LogP contribution in [0.15, 0.2) is 46.1 Å². The van der Waals surface area contributed by atoms with E-state index in [2.05, 4.69) is 15.3 Å². The fourth-order valence-electron chi connectivity index (χ4n) is 2.47. The van der Waals surface area contributed by atoms with Crippen molar-refractivity contribution in [3.8, 4) is 0 Å². The molecule has 0 atom stereocenters. The summed E-state index contributed by atoms with van der Waals surface area (Å²) in [6.45, 7) is 1.95. The molecule has 0 fully saturated rings. The summed E-state index contributed by atoms with van der Waals surface area (Å²) in [5, 5.41) is 12.3. The van der Waals surface area contributed by atoms with Crippen molar-refractivity contribution in [2.45, 2.75) is 13.1 Å². The van der Waals surface area contributed by atoms with Crippen molar-refractivity contribution in [2.75, 3.05) is 11.1 Å². The monoisotopic (exact) mass is 413 g/mol. The van der Waals surface area contributed by atoms with E-state index in [-0.39, 0.29) is 11.2 Å². The summed E-state index contributed by atoms with van der Waals surface area (Å²) in [5.41, 5.74) is 0.468. The van der Waals surface area contributed by atoms with Gasteiger partial charge in [0.2, 0.25) is 5.95 Å². The molecule has 0 bridgehead atoms. The Morgan fingerprint density at radius 2 is 2.11 bits per heavy atom. The number of thioether (sulfide) groups is 1. The third-order valence-corrected chi connectivity index (χ3v) is 4.91. The number of anilines is 1. The normalized spacial score (nSPS) is 16.7. The Morgan fingerprint density at radius 3 is 2.78 bits per heavy atom. The highest BCUT2D eigenvalue weighted by Crippen LogP contribution is 2.32. The van der Waals surface area contributed by atoms with Gasteiger partial charge >= 0.3 is 6.18 Å². The molecule has 0 unspecified atom stereocenters. The van der Waals surface area contributed by atoms with Gasteiger partial charge in [0.25, 0.3) is 0 Å². The molecule has 2 heterocycles. The average molecular weight is 414 g/mol. The van der Waals surface area contributed by atoms with E-state index in [1.165, 1.54) is 11.8 Å². The van der Waals surface area contributed by atoms with Crippen molar-refractivity contribution in [1.82, 2.24) is 14.5 Å². The molecule has 0 spiro atoms. The van der Waals surface area contributed by atoms with Crippen LogP contribution in [0.4, 0.5) is 19.1 Å². The third kappa shape index (κ3) is 4.03. The Kier molecular flexibility index (Phi) is 5.34. The molecule has 0 aliphatic heterocycles. The number of imidazole rings is 1. The van der Waals surface area contributed by atoms with Gasteiger partial charge in [0.1, 0.15) is 5.52 Å². The summed E-state index contributed by atoms with van der Waals surface area (Å²) in [6.07, 6.45) is 1.18. The molecule has 2 aromatic rings. The number of hydrogen-bond acceptors (Lipinski definition) is 5. The van der Waals surface area contributed by atoms with E-state index in [4.69, 9.17) is 17.0 Å². The molecule has 5 nitrogen and oxygen atoms in total. The van der Waals surface area contributed by atoms with E-state index >= 15 is 0 Å². The van der Waals surface area contributed by atoms with E-state index in [0.29, 0.717) is 33.0 Å². The zero-order valence-corrected chi connectivity index (χ0v) is 15.9. The number of halogens is 4. The first-order chi connectivity index (χ1) is 12.7. The zero-order chi connectivity index (χ0) is 19.8. The molecule has 0 amide bonds. The number of pyridine rings is 1. The average Bonchev–Trinajstić information content (AvgIpc) is 2.91. The summed E-state index contributed by atoms with van der Waals surface area (Å²) >= 11 is 7.49. The van der Waals surface area contributed by atoms with Gasteiger partial charge in [0, 0.05) is 23.8 Å². The van der Waals surface area contributed by atoms with Gasteiger partial charge in [-0.1, -0.05) is 18.5 Å². The van der Waals surface area contributed by atoms with Crippen LogP contribution in [0.25, 0.3) is 11.2 Å². The minimum Gasteiger partial charge on any atom is -0.320 e. The summed E-state index contributed by atoms with van der Waals surface area (Å²) in [5.74, 6) is 1.04. The van der Waals surface area contributed by atoms with Crippen molar-refractivity contribution in [1.29, 1.82) is 5.41 Å². The van der Waals surface area contributed by atoms with Crippen molar-refractivity contribution in [3.63, 3.8) is 0 Å². The minimum absolute atomic E-state index is 0.132. The molecule has 0 aromatic carbocycles. The highest BCUT2D eigenvalue weighted by atomic mass is 35.5. The standard InChI is InChI=1S/C17H15ClF3N5S/c1-3-27-15(11-7-10(18)4-5-12(11)22)25-16-24-13-6-9(17(19,20)21)8-23-14(13)26(16)2/h4-8,22H,3H2,1-2H3,(H,24,25)/b15-11+,22-12?. The maximum absolute atomic E-state index is 12.9. The lowest BCUT2D eigenvalue weighted by atomic mass is 10.1. The molecule has 2 N–H and O–H groups in total. The van der Waals surface area contributed by atoms with Crippen molar-refractivity contribution >= 4 is 46.2 Å². The van der Waals surface area contributed by atoms with Crippen LogP contribution < -0.4 is 5.32 Å². The highest BCUT2D eigenvalue weighted by Gasteiger charge is 2.31. The van der Waals surface area contributed by atoms with Crippen LogP contribution in [0.3, 0.4) is 0 Å². The van der Waals surface area contributed by atoms with E-state index < -0.39 is 11.7 Å². The van der Waals surface area contributed by atoms with Crippen LogP contribution in [0.2, 0.25) is 0 Å². The number of hydrogen-bond donors (Lipinski definition) is 2. The van der Waals surface area contributed by atoms with Crippen LogP contribution >= 0.6 is 23.4 Å². The van der Waals surface area contributed by atoms with Crippen molar-refractivity contribution < 1.29 is 13.2 Å². The van der Waals surface area contributed by atoms with Gasteiger partial charge in [0.05, 0.1) is 16.3 Å². The number of nitrogens with zero attached hydrogens (tertiary/aromatic N) is 3. The zero-order valence-electron chi connectivity index (χ0n) is 14.4. The lowest BCUT2D eigenvalue weighted by Crippen LogP contribution is -2.10. The van der Waals surface area contributed by atoms with Gasteiger partial charge in [-0.15, -0.1) is 11.8 Å². The second-order valence-corrected chi connectivity index (χ2v) is 7.35. The molecule has 2 aromatic heterocycles. The summed E-state index contributed by atoms with van der Waals surface area (Å²) in [7, 11) is 1.66. The molecule has 10 heteroatoms. The van der Waals surface area contributed by atoms with Crippen LogP contribution in [-0.2, 0) is 13.2 Å². The predicted octanol–water partition coefficient (Wildman–Crippen LogP) is 5.08. The Bertz CT molecular complexity index is 1000. The number of aryl methyl sites for hydroxylation is 1. The SMILES string of the molecule is CCS/C(Nc1nc2cc(C(F)(F)F)cnc2n1C)=C1\C=C(Cl)C=CC1=N. The maximum Gasteiger partial charge on any atom is 0.417 e. The third-order valence-electron chi connectivity index (χ3n) is 3.78. The first-order valence-corrected chi connectivity index (χ1v) is 9.25. The lowest BCUT2D eigenvalue weighted by molar-refractivity contribution is -0.137. The fourth-order valence-corrected chi connectivity index (χ4v) is 3.42. The topological polar surface area (TPSA) is 66.6 Å². The van der Waals surface area contributed by atoms with Crippen LogP contribution in [0, 0.1) is 5.41 Å². The molecule has 3 rings (SSSR count). The van der Waals surface area contributed by atoms with E-state index in [0.717, 1.165) is 12.3 Å². The number of allylic oxidation sites excluding steroid dienone is 5. The Hall–Kier alpha value is -2.26. The van der Waals surface area contributed by atoms with Crippen LogP contribution in [0.5, 0.6) is 0 Å². The molecule has 0 saturated heterocycles. The first-order valence-electron chi connectivity index (χ1n) is 7.88. The smallest absolute Gasteiger partial charge is 0.320 e. The molecule has 0 radical (unpaired) electrons. The van der Waals surface area contributed by atoms with Gasteiger partial charge in [-0.2, -0.15) is 13.2 Å². The molecular weight excluding hydrogens is 399 g/mol. The summed E-state index contributed by atoms with van der Waals surface area (Å²) < 4.78 is 40.3. The number of nitrogens with one attached hydrogen (secondary N) is 2. The molecule has 1 aliphatic carbocycles. The number of aromatic nitrogens is 3. The van der Waals surface area contributed by atoms with Crippen molar-refractivity contribution in [3.05, 3.63) is 51.7 Å². The summed E-state index contributed by atoms with van der Waals surface area (Å²) in [6, 6.07) is 0.968. The molecular formula is C17H15ClF3N5S. The van der Waals surface area contributed by atoms with Crippen LogP contribution in [0.1, 0.15) is 12.5 Å². The van der Waals surface area contributed by atoms with E-state index in [1.54, 1.807) is 29.8 Å². The Labute approximate surface area is 162 Å². The van der Waals surface area contributed by atoms with Crippen molar-refractivity contribution in [2.24, 2.45) is 7.05 Å². The molecule has 27 heavy (non-hydrogen) atoms. The van der Waals surface area contributed by atoms with Gasteiger partial charge < -0.3 is 10.7 Å². The minimum atomic E-state index is -4.48. The van der Waals surface area contributed by atoms with E-state index in [1.807, 2.05) is 6.92 Å². The first kappa shape index (κ1) is 19.5. The van der Waals surface area contributed by atoms with Gasteiger partial charge in [-0.25, -0.2) is 9.97 Å². The number of alkyl halides is 3. The fraction of sp³-hybridized carbons (Fsp3) is 0.235. The molecule has 142 valence electrons. The largest absolute Gasteiger partial charge is 0.417 e. The molecule has 0 saturated carbocycles. The number of fused-ring (bicyclic) bond motifs is 1.